The van der Waals surface area contributed by atoms with Gasteiger partial charge < -0.3 is 4.57 Å². The van der Waals surface area contributed by atoms with Gasteiger partial charge in [-0.15, -0.1) is 10.2 Å². The smallest absolute Gasteiger partial charge is 0.191 e. The summed E-state index contributed by atoms with van der Waals surface area (Å²) in [5, 5.41) is 9.30. The number of carbonyl (C=O) groups is 1. The zero-order valence-electron chi connectivity index (χ0n) is 13.9. The molecule has 0 aliphatic heterocycles. The summed E-state index contributed by atoms with van der Waals surface area (Å²) in [5.41, 5.74) is 1.58. The summed E-state index contributed by atoms with van der Waals surface area (Å²) in [7, 11) is 1.94. The van der Waals surface area contributed by atoms with Gasteiger partial charge in [0.15, 0.2) is 16.8 Å². The second kappa shape index (κ2) is 8.07. The predicted octanol–water partition coefficient (Wildman–Crippen LogP) is 4.38. The molecule has 0 bridgehead atoms. The number of halogens is 1. The van der Waals surface area contributed by atoms with E-state index in [4.69, 9.17) is 0 Å². The number of rotatable bonds is 7. The Labute approximate surface area is 150 Å². The van der Waals surface area contributed by atoms with E-state index in [0.29, 0.717) is 12.0 Å². The maximum atomic E-state index is 12.9. The van der Waals surface area contributed by atoms with Gasteiger partial charge in [0.2, 0.25) is 0 Å². The molecule has 0 atom stereocenters. The Morgan fingerprint density at radius 3 is 2.52 bits per heavy atom. The number of Topliss-reactive ketones (excluding diaryl/α,β-unsaturated/α-hetero) is 1. The molecule has 4 nitrogen and oxygen atoms in total. The van der Waals surface area contributed by atoms with Crippen LogP contribution in [0.3, 0.4) is 0 Å². The van der Waals surface area contributed by atoms with Crippen LogP contribution in [-0.4, -0.2) is 26.3 Å². The summed E-state index contributed by atoms with van der Waals surface area (Å²) in [4.78, 5) is 12.1. The largest absolute Gasteiger partial charge is 0.305 e. The molecular weight excluding hydrogens is 337 g/mol. The molecular formula is C19H18FN3OS. The molecule has 3 aromatic rings. The van der Waals surface area contributed by atoms with Crippen molar-refractivity contribution in [2.24, 2.45) is 7.05 Å². The lowest BCUT2D eigenvalue weighted by molar-refractivity contribution is 0.0982. The molecule has 0 N–H and O–H groups in total. The molecule has 0 aliphatic rings. The van der Waals surface area contributed by atoms with Crippen molar-refractivity contribution in [2.45, 2.75) is 18.0 Å². The predicted molar refractivity (Wildman–Crippen MR) is 97.1 cm³/mol. The third kappa shape index (κ3) is 4.33. The zero-order chi connectivity index (χ0) is 17.6. The molecule has 1 aromatic heterocycles. The Hall–Kier alpha value is -2.47. The summed E-state index contributed by atoms with van der Waals surface area (Å²) in [6, 6.07) is 15.6. The van der Waals surface area contributed by atoms with Crippen molar-refractivity contribution < 1.29 is 9.18 Å². The number of hydrogen-bond donors (Lipinski definition) is 0. The first-order valence-electron chi connectivity index (χ1n) is 8.01. The number of hydrogen-bond acceptors (Lipinski definition) is 4. The van der Waals surface area contributed by atoms with Crippen molar-refractivity contribution in [3.63, 3.8) is 0 Å². The van der Waals surface area contributed by atoms with Gasteiger partial charge in [-0.1, -0.05) is 42.1 Å². The van der Waals surface area contributed by atoms with E-state index in [1.54, 1.807) is 11.8 Å². The Morgan fingerprint density at radius 2 is 1.80 bits per heavy atom. The number of benzene rings is 2. The van der Waals surface area contributed by atoms with Crippen LogP contribution in [0.2, 0.25) is 0 Å². The Morgan fingerprint density at radius 1 is 1.08 bits per heavy atom. The number of thioether (sulfide) groups is 1. The lowest BCUT2D eigenvalue weighted by atomic mass is 10.1. The van der Waals surface area contributed by atoms with Crippen LogP contribution in [0, 0.1) is 5.82 Å². The van der Waals surface area contributed by atoms with Gasteiger partial charge in [-0.05, 0) is 30.7 Å². The van der Waals surface area contributed by atoms with Gasteiger partial charge in [-0.2, -0.15) is 0 Å². The molecule has 0 spiro atoms. The quantitative estimate of drug-likeness (QED) is 0.359. The highest BCUT2D eigenvalue weighted by molar-refractivity contribution is 7.99. The summed E-state index contributed by atoms with van der Waals surface area (Å²) in [6.07, 6.45) is 1.16. The minimum Gasteiger partial charge on any atom is -0.305 e. The van der Waals surface area contributed by atoms with Gasteiger partial charge in [0, 0.05) is 30.3 Å². The van der Waals surface area contributed by atoms with Crippen molar-refractivity contribution in [2.75, 3.05) is 5.75 Å². The third-order valence-electron chi connectivity index (χ3n) is 3.81. The second-order valence-electron chi connectivity index (χ2n) is 5.61. The highest BCUT2D eigenvalue weighted by atomic mass is 32.2. The van der Waals surface area contributed by atoms with Gasteiger partial charge in [-0.3, -0.25) is 4.79 Å². The first kappa shape index (κ1) is 17.4. The molecule has 6 heteroatoms. The van der Waals surface area contributed by atoms with Crippen molar-refractivity contribution in [3.8, 4) is 11.4 Å². The minimum absolute atomic E-state index is 0.0311. The fourth-order valence-corrected chi connectivity index (χ4v) is 3.31. The summed E-state index contributed by atoms with van der Waals surface area (Å²) >= 11 is 1.58. The van der Waals surface area contributed by atoms with Crippen molar-refractivity contribution in [1.82, 2.24) is 14.8 Å². The van der Waals surface area contributed by atoms with Crippen LogP contribution in [-0.2, 0) is 7.05 Å². The summed E-state index contributed by atoms with van der Waals surface area (Å²) in [5.74, 6) is 1.30. The van der Waals surface area contributed by atoms with Gasteiger partial charge in [-0.25, -0.2) is 4.39 Å². The van der Waals surface area contributed by atoms with E-state index in [1.807, 2.05) is 41.9 Å². The monoisotopic (exact) mass is 355 g/mol. The van der Waals surface area contributed by atoms with E-state index < -0.39 is 0 Å². The van der Waals surface area contributed by atoms with E-state index in [1.165, 1.54) is 24.3 Å². The topological polar surface area (TPSA) is 47.8 Å². The van der Waals surface area contributed by atoms with Crippen molar-refractivity contribution in [3.05, 3.63) is 66.0 Å². The first-order valence-corrected chi connectivity index (χ1v) is 9.00. The van der Waals surface area contributed by atoms with E-state index >= 15 is 0 Å². The number of ketones is 1. The van der Waals surface area contributed by atoms with Crippen LogP contribution in [0.15, 0.2) is 59.8 Å². The van der Waals surface area contributed by atoms with Gasteiger partial charge in [0.25, 0.3) is 0 Å². The molecule has 1 heterocycles. The molecule has 25 heavy (non-hydrogen) atoms. The standard InChI is InChI=1S/C19H18FN3OS/c1-23-18(15-6-3-2-4-7-15)21-22-19(23)25-13-5-8-17(24)14-9-11-16(20)12-10-14/h2-4,6-7,9-12H,5,8,13H2,1H3. The maximum Gasteiger partial charge on any atom is 0.191 e. The fourth-order valence-electron chi connectivity index (χ4n) is 2.46. The summed E-state index contributed by atoms with van der Waals surface area (Å²) in [6.45, 7) is 0. The number of nitrogens with zero attached hydrogens (tertiary/aromatic N) is 3. The average molecular weight is 355 g/mol. The van der Waals surface area contributed by atoms with Gasteiger partial charge in [0.05, 0.1) is 0 Å². The third-order valence-corrected chi connectivity index (χ3v) is 4.92. The second-order valence-corrected chi connectivity index (χ2v) is 6.68. The number of aromatic nitrogens is 3. The van der Waals surface area contributed by atoms with Crippen molar-refractivity contribution in [1.29, 1.82) is 0 Å². The SMILES string of the molecule is Cn1c(SCCCC(=O)c2ccc(F)cc2)nnc1-c1ccccc1. The molecule has 3 rings (SSSR count). The number of carbonyl (C=O) groups excluding carboxylic acids is 1. The highest BCUT2D eigenvalue weighted by Gasteiger charge is 2.11. The molecule has 0 saturated heterocycles. The van der Waals surface area contributed by atoms with E-state index in [0.717, 1.165) is 28.7 Å². The van der Waals surface area contributed by atoms with Crippen molar-refractivity contribution >= 4 is 17.5 Å². The van der Waals surface area contributed by atoms with Crippen LogP contribution in [0.4, 0.5) is 4.39 Å². The van der Waals surface area contributed by atoms with E-state index in [2.05, 4.69) is 10.2 Å². The summed E-state index contributed by atoms with van der Waals surface area (Å²) < 4.78 is 14.8. The highest BCUT2D eigenvalue weighted by Crippen LogP contribution is 2.23. The van der Waals surface area contributed by atoms with Gasteiger partial charge in [0.1, 0.15) is 5.82 Å². The van der Waals surface area contributed by atoms with Crippen LogP contribution in [0.5, 0.6) is 0 Å². The fraction of sp³-hybridized carbons (Fsp3) is 0.211. The van der Waals surface area contributed by atoms with Crippen LogP contribution >= 0.6 is 11.8 Å². The first-order chi connectivity index (χ1) is 12.1. The lowest BCUT2D eigenvalue weighted by Gasteiger charge is -2.04. The Bertz CT molecular complexity index is 847. The Balaban J connectivity index is 1.52. The molecule has 0 unspecified atom stereocenters. The maximum absolute atomic E-state index is 12.9. The molecule has 2 aromatic carbocycles. The lowest BCUT2D eigenvalue weighted by Crippen LogP contribution is -2.00. The van der Waals surface area contributed by atoms with Gasteiger partial charge >= 0.3 is 0 Å². The molecule has 0 amide bonds. The van der Waals surface area contributed by atoms with Crippen LogP contribution < -0.4 is 0 Å². The van der Waals surface area contributed by atoms with Crippen LogP contribution in [0.1, 0.15) is 23.2 Å². The minimum atomic E-state index is -0.330. The van der Waals surface area contributed by atoms with Crippen LogP contribution in [0.25, 0.3) is 11.4 Å². The molecule has 128 valence electrons. The average Bonchev–Trinajstić information content (AvgIpc) is 3.00. The molecule has 0 aliphatic carbocycles. The molecule has 0 radical (unpaired) electrons. The Kier molecular flexibility index (Phi) is 5.60. The normalized spacial score (nSPS) is 10.8. The zero-order valence-corrected chi connectivity index (χ0v) is 14.7. The molecule has 0 fully saturated rings. The van der Waals surface area contributed by atoms with E-state index in [9.17, 15) is 9.18 Å². The van der Waals surface area contributed by atoms with E-state index in [-0.39, 0.29) is 11.6 Å². The molecule has 0 saturated carbocycles.